The van der Waals surface area contributed by atoms with E-state index >= 15 is 0 Å². The molecule has 1 saturated heterocycles. The highest BCUT2D eigenvalue weighted by atomic mass is 16.2. The lowest BCUT2D eigenvalue weighted by atomic mass is 10.2. The zero-order valence-corrected chi connectivity index (χ0v) is 9.14. The van der Waals surface area contributed by atoms with Crippen molar-refractivity contribution in [1.29, 1.82) is 0 Å². The molecule has 1 N–H and O–H groups in total. The zero-order chi connectivity index (χ0) is 11.5. The van der Waals surface area contributed by atoms with Crippen LogP contribution >= 0.6 is 0 Å². The van der Waals surface area contributed by atoms with Crippen LogP contribution in [-0.4, -0.2) is 29.8 Å². The van der Waals surface area contributed by atoms with Crippen molar-refractivity contribution in [2.45, 2.75) is 19.0 Å². The van der Waals surface area contributed by atoms with E-state index in [4.69, 9.17) is 0 Å². The molecule has 1 unspecified atom stereocenters. The Morgan fingerprint density at radius 1 is 1.31 bits per heavy atom. The minimum absolute atomic E-state index is 0.104. The van der Waals surface area contributed by atoms with Gasteiger partial charge in [0.1, 0.15) is 0 Å². The van der Waals surface area contributed by atoms with Crippen LogP contribution in [0.1, 0.15) is 12.0 Å². The summed E-state index contributed by atoms with van der Waals surface area (Å²) in [5, 5.41) is 2.85. The number of carbonyl (C=O) groups is 2. The van der Waals surface area contributed by atoms with Gasteiger partial charge in [0, 0.05) is 0 Å². The maximum atomic E-state index is 11.8. The summed E-state index contributed by atoms with van der Waals surface area (Å²) in [4.78, 5) is 24.7. The van der Waals surface area contributed by atoms with Crippen LogP contribution in [0.2, 0.25) is 0 Å². The van der Waals surface area contributed by atoms with Crippen LogP contribution in [0.5, 0.6) is 0 Å². The molecule has 1 aliphatic rings. The van der Waals surface area contributed by atoms with Crippen molar-refractivity contribution < 1.29 is 9.59 Å². The molecule has 0 saturated carbocycles. The average molecular weight is 218 g/mol. The summed E-state index contributed by atoms with van der Waals surface area (Å²) in [6, 6.07) is 9.18. The Balaban J connectivity index is 2.11. The van der Waals surface area contributed by atoms with Gasteiger partial charge < -0.3 is 5.32 Å². The predicted molar refractivity (Wildman–Crippen MR) is 59.5 cm³/mol. The SMILES string of the molecule is CNC1CC(=O)N(Cc2ccccc2)C1=O. The highest BCUT2D eigenvalue weighted by Gasteiger charge is 2.37. The monoisotopic (exact) mass is 218 g/mol. The summed E-state index contributed by atoms with van der Waals surface area (Å²) in [6.07, 6.45) is 0.266. The van der Waals surface area contributed by atoms with Crippen molar-refractivity contribution in [3.8, 4) is 0 Å². The molecule has 1 aromatic rings. The van der Waals surface area contributed by atoms with Gasteiger partial charge in [-0.25, -0.2) is 0 Å². The second-order valence-corrected chi connectivity index (χ2v) is 3.85. The number of likely N-dealkylation sites (N-methyl/N-ethyl adjacent to an activating group) is 1. The number of nitrogens with zero attached hydrogens (tertiary/aromatic N) is 1. The molecule has 4 heteroatoms. The first kappa shape index (κ1) is 10.8. The van der Waals surface area contributed by atoms with E-state index in [0.717, 1.165) is 5.56 Å². The third-order valence-corrected chi connectivity index (χ3v) is 2.78. The van der Waals surface area contributed by atoms with Gasteiger partial charge in [0.25, 0.3) is 0 Å². The van der Waals surface area contributed by atoms with Crippen LogP contribution in [0.15, 0.2) is 30.3 Å². The average Bonchev–Trinajstić information content (AvgIpc) is 2.58. The highest BCUT2D eigenvalue weighted by Crippen LogP contribution is 2.16. The van der Waals surface area contributed by atoms with E-state index < -0.39 is 0 Å². The van der Waals surface area contributed by atoms with Gasteiger partial charge in [-0.1, -0.05) is 30.3 Å². The largest absolute Gasteiger partial charge is 0.308 e. The lowest BCUT2D eigenvalue weighted by molar-refractivity contribution is -0.139. The topological polar surface area (TPSA) is 49.4 Å². The molecule has 1 aliphatic heterocycles. The molecule has 2 amide bonds. The van der Waals surface area contributed by atoms with E-state index in [1.807, 2.05) is 30.3 Å². The first-order valence-corrected chi connectivity index (χ1v) is 5.28. The van der Waals surface area contributed by atoms with E-state index in [-0.39, 0.29) is 24.3 Å². The first-order chi connectivity index (χ1) is 7.72. The molecular formula is C12H14N2O2. The van der Waals surface area contributed by atoms with Gasteiger partial charge in [0.05, 0.1) is 19.0 Å². The Kier molecular flexibility index (Phi) is 3.01. The molecule has 1 fully saturated rings. The minimum atomic E-state index is -0.351. The number of benzene rings is 1. The summed E-state index contributed by atoms with van der Waals surface area (Å²) in [5.41, 5.74) is 0.973. The van der Waals surface area contributed by atoms with E-state index in [9.17, 15) is 9.59 Å². The van der Waals surface area contributed by atoms with Crippen molar-refractivity contribution in [3.05, 3.63) is 35.9 Å². The predicted octanol–water partition coefficient (Wildman–Crippen LogP) is 0.533. The van der Waals surface area contributed by atoms with Gasteiger partial charge in [0.2, 0.25) is 11.8 Å². The van der Waals surface area contributed by atoms with E-state index in [2.05, 4.69) is 5.32 Å². The number of carbonyl (C=O) groups excluding carboxylic acids is 2. The lowest BCUT2D eigenvalue weighted by Crippen LogP contribution is -2.36. The molecule has 0 radical (unpaired) electrons. The molecule has 1 heterocycles. The lowest BCUT2D eigenvalue weighted by Gasteiger charge is -2.14. The van der Waals surface area contributed by atoms with Crippen LogP contribution in [0, 0.1) is 0 Å². The molecule has 1 aromatic carbocycles. The van der Waals surface area contributed by atoms with Crippen molar-refractivity contribution >= 4 is 11.8 Å². The number of amides is 2. The molecular weight excluding hydrogens is 204 g/mol. The summed E-state index contributed by atoms with van der Waals surface area (Å²) in [6.45, 7) is 0.372. The summed E-state index contributed by atoms with van der Waals surface area (Å²) >= 11 is 0. The van der Waals surface area contributed by atoms with Gasteiger partial charge in [-0.05, 0) is 12.6 Å². The number of nitrogens with one attached hydrogen (secondary N) is 1. The third kappa shape index (κ3) is 1.97. The number of likely N-dealkylation sites (tertiary alicyclic amines) is 1. The van der Waals surface area contributed by atoms with Crippen molar-refractivity contribution in [2.75, 3.05) is 7.05 Å². The molecule has 4 nitrogen and oxygen atoms in total. The van der Waals surface area contributed by atoms with Gasteiger partial charge in [-0.2, -0.15) is 0 Å². The van der Waals surface area contributed by atoms with Gasteiger partial charge >= 0.3 is 0 Å². The molecule has 84 valence electrons. The quantitative estimate of drug-likeness (QED) is 0.753. The van der Waals surface area contributed by atoms with Crippen LogP contribution in [0.3, 0.4) is 0 Å². The second-order valence-electron chi connectivity index (χ2n) is 3.85. The first-order valence-electron chi connectivity index (χ1n) is 5.28. The highest BCUT2D eigenvalue weighted by molar-refractivity contribution is 6.05. The van der Waals surface area contributed by atoms with Crippen LogP contribution in [0.4, 0.5) is 0 Å². The third-order valence-electron chi connectivity index (χ3n) is 2.78. The molecule has 16 heavy (non-hydrogen) atoms. The molecule has 1 atom stereocenters. The fourth-order valence-corrected chi connectivity index (χ4v) is 1.84. The van der Waals surface area contributed by atoms with Crippen LogP contribution in [-0.2, 0) is 16.1 Å². The second kappa shape index (κ2) is 4.45. The van der Waals surface area contributed by atoms with Crippen LogP contribution in [0.25, 0.3) is 0 Å². The van der Waals surface area contributed by atoms with E-state index in [1.54, 1.807) is 7.05 Å². The number of hydrogen-bond acceptors (Lipinski definition) is 3. The molecule has 0 aromatic heterocycles. The number of hydrogen-bond donors (Lipinski definition) is 1. The summed E-state index contributed by atoms with van der Waals surface area (Å²) in [5.74, 6) is -0.232. The Morgan fingerprint density at radius 2 is 2.00 bits per heavy atom. The van der Waals surface area contributed by atoms with E-state index in [0.29, 0.717) is 6.54 Å². The smallest absolute Gasteiger partial charge is 0.247 e. The van der Waals surface area contributed by atoms with Crippen molar-refractivity contribution in [3.63, 3.8) is 0 Å². The van der Waals surface area contributed by atoms with Gasteiger partial charge in [0.15, 0.2) is 0 Å². The summed E-state index contributed by atoms with van der Waals surface area (Å²) < 4.78 is 0. The molecule has 0 bridgehead atoms. The standard InChI is InChI=1S/C12H14N2O2/c1-13-10-7-11(15)14(12(10)16)8-9-5-3-2-4-6-9/h2-6,10,13H,7-8H2,1H3. The van der Waals surface area contributed by atoms with E-state index in [1.165, 1.54) is 4.90 Å². The van der Waals surface area contributed by atoms with Crippen LogP contribution < -0.4 is 5.32 Å². The Hall–Kier alpha value is -1.68. The maximum absolute atomic E-state index is 11.8. The molecule has 2 rings (SSSR count). The Labute approximate surface area is 94.2 Å². The number of imide groups is 1. The fourth-order valence-electron chi connectivity index (χ4n) is 1.84. The Bertz CT molecular complexity index is 403. The normalized spacial score (nSPS) is 20.6. The van der Waals surface area contributed by atoms with Crippen molar-refractivity contribution in [2.24, 2.45) is 0 Å². The van der Waals surface area contributed by atoms with Crippen molar-refractivity contribution in [1.82, 2.24) is 10.2 Å². The maximum Gasteiger partial charge on any atom is 0.247 e. The molecule has 0 aliphatic carbocycles. The fraction of sp³-hybridized carbons (Fsp3) is 0.333. The van der Waals surface area contributed by atoms with Gasteiger partial charge in [-0.15, -0.1) is 0 Å². The Morgan fingerprint density at radius 3 is 2.56 bits per heavy atom. The van der Waals surface area contributed by atoms with Gasteiger partial charge in [-0.3, -0.25) is 14.5 Å². The zero-order valence-electron chi connectivity index (χ0n) is 9.14. The summed E-state index contributed by atoms with van der Waals surface area (Å²) in [7, 11) is 1.70. The number of rotatable bonds is 3. The molecule has 0 spiro atoms. The minimum Gasteiger partial charge on any atom is -0.308 e.